The Kier molecular flexibility index (Phi) is 5.21. The van der Waals surface area contributed by atoms with Gasteiger partial charge in [-0.1, -0.05) is 18.2 Å². The molecule has 1 N–H and O–H groups in total. The van der Waals surface area contributed by atoms with Crippen molar-refractivity contribution in [1.29, 1.82) is 0 Å². The van der Waals surface area contributed by atoms with Crippen LogP contribution in [0, 0.1) is 17.5 Å². The van der Waals surface area contributed by atoms with Crippen LogP contribution in [0.2, 0.25) is 0 Å². The van der Waals surface area contributed by atoms with Crippen molar-refractivity contribution < 1.29 is 18.3 Å². The molecular formula is C19H20F3NO. The molecule has 128 valence electrons. The molecule has 2 nitrogen and oxygen atoms in total. The molecule has 0 spiro atoms. The van der Waals surface area contributed by atoms with Crippen molar-refractivity contribution in [3.8, 4) is 0 Å². The molecule has 24 heavy (non-hydrogen) atoms. The molecule has 1 saturated heterocycles. The van der Waals surface area contributed by atoms with Gasteiger partial charge in [-0.3, -0.25) is 4.90 Å². The van der Waals surface area contributed by atoms with Crippen LogP contribution < -0.4 is 0 Å². The summed E-state index contributed by atoms with van der Waals surface area (Å²) in [6.07, 6.45) is 1.34. The maximum Gasteiger partial charge on any atom is 0.130 e. The maximum atomic E-state index is 14.0. The Balaban J connectivity index is 1.67. The van der Waals surface area contributed by atoms with Gasteiger partial charge in [0.2, 0.25) is 0 Å². The summed E-state index contributed by atoms with van der Waals surface area (Å²) < 4.78 is 40.3. The Morgan fingerprint density at radius 3 is 2.62 bits per heavy atom. The highest BCUT2D eigenvalue weighted by Crippen LogP contribution is 2.33. The minimum absolute atomic E-state index is 0.159. The third-order valence-electron chi connectivity index (χ3n) is 4.49. The number of hydrogen-bond acceptors (Lipinski definition) is 2. The Hall–Kier alpha value is -1.85. The molecule has 2 aromatic carbocycles. The summed E-state index contributed by atoms with van der Waals surface area (Å²) in [7, 11) is 0. The number of benzene rings is 2. The number of rotatable bonds is 5. The lowest BCUT2D eigenvalue weighted by Crippen LogP contribution is -2.33. The Labute approximate surface area is 139 Å². The van der Waals surface area contributed by atoms with Gasteiger partial charge in [-0.2, -0.15) is 0 Å². The summed E-state index contributed by atoms with van der Waals surface area (Å²) in [6, 6.07) is 9.64. The Morgan fingerprint density at radius 2 is 1.88 bits per heavy atom. The summed E-state index contributed by atoms with van der Waals surface area (Å²) in [5, 5.41) is 10.3. The van der Waals surface area contributed by atoms with Crippen molar-refractivity contribution in [1.82, 2.24) is 4.90 Å². The molecule has 1 heterocycles. The van der Waals surface area contributed by atoms with E-state index in [0.29, 0.717) is 18.5 Å². The van der Waals surface area contributed by atoms with Crippen LogP contribution in [0.1, 0.15) is 30.0 Å². The van der Waals surface area contributed by atoms with Crippen molar-refractivity contribution in [2.45, 2.75) is 31.4 Å². The van der Waals surface area contributed by atoms with E-state index in [9.17, 15) is 18.3 Å². The van der Waals surface area contributed by atoms with Crippen molar-refractivity contribution in [3.63, 3.8) is 0 Å². The van der Waals surface area contributed by atoms with E-state index < -0.39 is 17.7 Å². The average Bonchev–Trinajstić information content (AvgIpc) is 2.95. The minimum Gasteiger partial charge on any atom is -0.391 e. The molecule has 0 aliphatic carbocycles. The number of likely N-dealkylation sites (tertiary alicyclic amines) is 1. The van der Waals surface area contributed by atoms with E-state index in [4.69, 9.17) is 0 Å². The fourth-order valence-electron chi connectivity index (χ4n) is 3.44. The highest BCUT2D eigenvalue weighted by molar-refractivity contribution is 5.23. The van der Waals surface area contributed by atoms with Crippen LogP contribution >= 0.6 is 0 Å². The first kappa shape index (κ1) is 17.0. The third kappa shape index (κ3) is 3.97. The Morgan fingerprint density at radius 1 is 1.08 bits per heavy atom. The van der Waals surface area contributed by atoms with E-state index in [1.165, 1.54) is 24.3 Å². The predicted molar refractivity (Wildman–Crippen MR) is 86.0 cm³/mol. The molecule has 5 heteroatoms. The van der Waals surface area contributed by atoms with Crippen LogP contribution in [0.25, 0.3) is 0 Å². The van der Waals surface area contributed by atoms with Gasteiger partial charge in [0, 0.05) is 24.2 Å². The van der Waals surface area contributed by atoms with Crippen LogP contribution in [0.5, 0.6) is 0 Å². The first-order chi connectivity index (χ1) is 11.5. The number of aliphatic hydroxyl groups excluding tert-OH is 1. The molecule has 0 aromatic heterocycles. The Bertz CT molecular complexity index is 707. The zero-order valence-corrected chi connectivity index (χ0v) is 13.3. The van der Waals surface area contributed by atoms with E-state index in [2.05, 4.69) is 0 Å². The molecule has 0 amide bonds. The SMILES string of the molecule is OC(Cc1cccc(F)c1)CN1CCCC1c1ccc(F)cc1F. The molecule has 2 unspecified atom stereocenters. The zero-order valence-electron chi connectivity index (χ0n) is 13.3. The van der Waals surface area contributed by atoms with E-state index >= 15 is 0 Å². The van der Waals surface area contributed by atoms with E-state index in [-0.39, 0.29) is 11.9 Å². The first-order valence-electron chi connectivity index (χ1n) is 8.14. The van der Waals surface area contributed by atoms with Gasteiger partial charge in [0.25, 0.3) is 0 Å². The lowest BCUT2D eigenvalue weighted by atomic mass is 10.0. The summed E-state index contributed by atoms with van der Waals surface area (Å²) in [6.45, 7) is 1.12. The number of β-amino-alcohol motifs (C(OH)–C–C–N with tert-alkyl or cyclic N) is 1. The van der Waals surface area contributed by atoms with Crippen LogP contribution in [-0.4, -0.2) is 29.2 Å². The first-order valence-corrected chi connectivity index (χ1v) is 8.14. The van der Waals surface area contributed by atoms with Gasteiger partial charge in [-0.15, -0.1) is 0 Å². The molecule has 0 bridgehead atoms. The summed E-state index contributed by atoms with van der Waals surface area (Å²) in [5.74, 6) is -1.47. The second kappa shape index (κ2) is 7.36. The normalized spacial score (nSPS) is 19.6. The average molecular weight is 335 g/mol. The van der Waals surface area contributed by atoms with Gasteiger partial charge in [-0.05, 0) is 49.6 Å². The molecule has 2 aromatic rings. The van der Waals surface area contributed by atoms with Crippen molar-refractivity contribution in [3.05, 3.63) is 71.0 Å². The standard InChI is InChI=1S/C19H20F3NO/c20-14-4-1-3-13(9-14)10-16(24)12-23-8-2-5-19(23)17-7-6-15(21)11-18(17)22/h1,3-4,6-7,9,11,16,19,24H,2,5,8,10,12H2. The lowest BCUT2D eigenvalue weighted by Gasteiger charge is -2.27. The van der Waals surface area contributed by atoms with Crippen molar-refractivity contribution >= 4 is 0 Å². The van der Waals surface area contributed by atoms with Gasteiger partial charge in [-0.25, -0.2) is 13.2 Å². The smallest absolute Gasteiger partial charge is 0.130 e. The highest BCUT2D eigenvalue weighted by atomic mass is 19.1. The van der Waals surface area contributed by atoms with E-state index in [1.54, 1.807) is 12.1 Å². The number of hydrogen-bond donors (Lipinski definition) is 1. The molecule has 3 rings (SSSR count). The summed E-state index contributed by atoms with van der Waals surface area (Å²) >= 11 is 0. The summed E-state index contributed by atoms with van der Waals surface area (Å²) in [4.78, 5) is 2.01. The largest absolute Gasteiger partial charge is 0.391 e. The predicted octanol–water partition coefficient (Wildman–Crippen LogP) is 3.84. The van der Waals surface area contributed by atoms with E-state index in [1.807, 2.05) is 4.90 Å². The second-order valence-electron chi connectivity index (χ2n) is 6.31. The highest BCUT2D eigenvalue weighted by Gasteiger charge is 2.29. The van der Waals surface area contributed by atoms with E-state index in [0.717, 1.165) is 31.0 Å². The quantitative estimate of drug-likeness (QED) is 0.897. The summed E-state index contributed by atoms with van der Waals surface area (Å²) in [5.41, 5.74) is 1.19. The maximum absolute atomic E-state index is 14.0. The molecule has 0 radical (unpaired) electrons. The van der Waals surface area contributed by atoms with Gasteiger partial charge < -0.3 is 5.11 Å². The molecule has 0 saturated carbocycles. The molecule has 1 fully saturated rings. The van der Waals surface area contributed by atoms with Crippen molar-refractivity contribution in [2.75, 3.05) is 13.1 Å². The monoisotopic (exact) mass is 335 g/mol. The topological polar surface area (TPSA) is 23.5 Å². The van der Waals surface area contributed by atoms with Crippen LogP contribution in [0.3, 0.4) is 0 Å². The lowest BCUT2D eigenvalue weighted by molar-refractivity contribution is 0.105. The molecular weight excluding hydrogens is 315 g/mol. The van der Waals surface area contributed by atoms with Gasteiger partial charge in [0.05, 0.1) is 6.10 Å². The van der Waals surface area contributed by atoms with Crippen molar-refractivity contribution in [2.24, 2.45) is 0 Å². The zero-order chi connectivity index (χ0) is 17.1. The molecule has 1 aliphatic rings. The number of nitrogens with zero attached hydrogens (tertiary/aromatic N) is 1. The van der Waals surface area contributed by atoms with Crippen LogP contribution in [-0.2, 0) is 6.42 Å². The fraction of sp³-hybridized carbons (Fsp3) is 0.368. The number of halogens is 3. The number of aliphatic hydroxyl groups is 1. The second-order valence-corrected chi connectivity index (χ2v) is 6.31. The van der Waals surface area contributed by atoms with Gasteiger partial charge in [0.15, 0.2) is 0 Å². The molecule has 2 atom stereocenters. The van der Waals surface area contributed by atoms with Gasteiger partial charge in [0.1, 0.15) is 17.5 Å². The van der Waals surface area contributed by atoms with Crippen LogP contribution in [0.4, 0.5) is 13.2 Å². The third-order valence-corrected chi connectivity index (χ3v) is 4.49. The molecule has 1 aliphatic heterocycles. The fourth-order valence-corrected chi connectivity index (χ4v) is 3.44. The minimum atomic E-state index is -0.670. The van der Waals surface area contributed by atoms with Gasteiger partial charge >= 0.3 is 0 Å². The van der Waals surface area contributed by atoms with Crippen LogP contribution in [0.15, 0.2) is 42.5 Å².